The summed E-state index contributed by atoms with van der Waals surface area (Å²) in [6.45, 7) is 4.32. The Morgan fingerprint density at radius 1 is 0.929 bits per heavy atom. The number of ether oxygens (including phenoxy) is 1. The molecule has 1 aliphatic rings. The minimum atomic E-state index is 0.343. The molecular weight excluding hydrogens is 188 g/mol. The van der Waals surface area contributed by atoms with Gasteiger partial charge in [-0.1, -0.05) is 13.3 Å². The van der Waals surface area contributed by atoms with Crippen LogP contribution in [0, 0.1) is 5.92 Å². The molecule has 1 saturated heterocycles. The lowest BCUT2D eigenvalue weighted by molar-refractivity contribution is -0.634. The Balaban J connectivity index is 2.12. The summed E-state index contributed by atoms with van der Waals surface area (Å²) < 4.78 is 5.36. The van der Waals surface area contributed by atoms with Crippen molar-refractivity contribution in [1.82, 2.24) is 0 Å². The Bertz CT molecular complexity index is 116. The molecule has 0 saturated carbocycles. The van der Waals surface area contributed by atoms with E-state index in [1.807, 2.05) is 0 Å². The predicted molar refractivity (Wildman–Crippen MR) is 47.9 cm³/mol. The van der Waals surface area contributed by atoms with Crippen LogP contribution in [-0.2, 0) is 24.6 Å². The Kier molecular flexibility index (Phi) is 6.90. The summed E-state index contributed by atoms with van der Waals surface area (Å²) in [4.78, 5) is 9.30. The third kappa shape index (κ3) is 6.28. The first-order valence-corrected chi connectivity index (χ1v) is 5.05. The van der Waals surface area contributed by atoms with Gasteiger partial charge in [0.05, 0.1) is 13.2 Å². The van der Waals surface area contributed by atoms with E-state index in [1.54, 1.807) is 0 Å². The average Bonchev–Trinajstić information content (AvgIpc) is 2.20. The summed E-state index contributed by atoms with van der Waals surface area (Å²) >= 11 is 0. The SMILES string of the molecule is CC1CCCCOOOOCCOC1. The molecule has 0 aromatic heterocycles. The van der Waals surface area contributed by atoms with Crippen molar-refractivity contribution in [3.63, 3.8) is 0 Å². The van der Waals surface area contributed by atoms with Crippen LogP contribution in [0.25, 0.3) is 0 Å². The lowest BCUT2D eigenvalue weighted by Gasteiger charge is -2.10. The van der Waals surface area contributed by atoms with E-state index in [0.717, 1.165) is 25.9 Å². The highest BCUT2D eigenvalue weighted by atomic mass is 17.7. The molecule has 0 aliphatic carbocycles. The van der Waals surface area contributed by atoms with E-state index < -0.39 is 0 Å². The zero-order chi connectivity index (χ0) is 10.1. The van der Waals surface area contributed by atoms with E-state index in [-0.39, 0.29) is 0 Å². The second-order valence-corrected chi connectivity index (χ2v) is 3.46. The maximum Gasteiger partial charge on any atom is 0.109 e. The molecule has 0 aromatic carbocycles. The molecule has 1 aliphatic heterocycles. The molecule has 1 fully saturated rings. The van der Waals surface area contributed by atoms with E-state index in [4.69, 9.17) is 9.62 Å². The van der Waals surface area contributed by atoms with Gasteiger partial charge in [0.1, 0.15) is 6.61 Å². The molecule has 1 rings (SSSR count). The fourth-order valence-electron chi connectivity index (χ4n) is 1.22. The molecule has 1 unspecified atom stereocenters. The van der Waals surface area contributed by atoms with Gasteiger partial charge in [-0.3, -0.25) is 0 Å². The third-order valence-electron chi connectivity index (χ3n) is 2.01. The maximum absolute atomic E-state index is 5.36. The quantitative estimate of drug-likeness (QED) is 0.564. The van der Waals surface area contributed by atoms with Crippen LogP contribution >= 0.6 is 0 Å². The molecule has 0 bridgehead atoms. The van der Waals surface area contributed by atoms with Gasteiger partial charge in [-0.05, 0) is 28.8 Å². The second kappa shape index (κ2) is 8.14. The van der Waals surface area contributed by atoms with Crippen LogP contribution in [-0.4, -0.2) is 26.4 Å². The summed E-state index contributed by atoms with van der Waals surface area (Å²) in [5.74, 6) is 0.581. The molecule has 1 heterocycles. The van der Waals surface area contributed by atoms with Crippen molar-refractivity contribution < 1.29 is 24.6 Å². The van der Waals surface area contributed by atoms with Gasteiger partial charge in [-0.25, -0.2) is 9.78 Å². The van der Waals surface area contributed by atoms with Crippen molar-refractivity contribution in [2.24, 2.45) is 5.92 Å². The minimum Gasteiger partial charge on any atom is -0.379 e. The first kappa shape index (κ1) is 11.9. The summed E-state index contributed by atoms with van der Waals surface area (Å²) in [7, 11) is 0. The maximum atomic E-state index is 5.36. The zero-order valence-corrected chi connectivity index (χ0v) is 8.57. The van der Waals surface area contributed by atoms with Gasteiger partial charge < -0.3 is 4.74 Å². The molecule has 5 heteroatoms. The molecule has 5 nitrogen and oxygen atoms in total. The van der Waals surface area contributed by atoms with Crippen LogP contribution in [0.2, 0.25) is 0 Å². The predicted octanol–water partition coefficient (Wildman–Crippen LogP) is 1.63. The highest BCUT2D eigenvalue weighted by molar-refractivity contribution is 4.51. The van der Waals surface area contributed by atoms with Gasteiger partial charge in [0, 0.05) is 6.61 Å². The lowest BCUT2D eigenvalue weighted by Crippen LogP contribution is -2.10. The monoisotopic (exact) mass is 206 g/mol. The minimum absolute atomic E-state index is 0.343. The van der Waals surface area contributed by atoms with Gasteiger partial charge >= 0.3 is 0 Å². The molecule has 0 radical (unpaired) electrons. The zero-order valence-electron chi connectivity index (χ0n) is 8.57. The van der Waals surface area contributed by atoms with Gasteiger partial charge in [-0.15, -0.1) is 0 Å². The van der Waals surface area contributed by atoms with E-state index in [2.05, 4.69) is 21.9 Å². The molecule has 1 atom stereocenters. The van der Waals surface area contributed by atoms with Crippen molar-refractivity contribution in [1.29, 1.82) is 0 Å². The molecule has 14 heavy (non-hydrogen) atoms. The first-order valence-electron chi connectivity index (χ1n) is 5.05. The molecule has 0 amide bonds. The van der Waals surface area contributed by atoms with Gasteiger partial charge in [0.2, 0.25) is 0 Å². The fourth-order valence-corrected chi connectivity index (χ4v) is 1.22. The highest BCUT2D eigenvalue weighted by Crippen LogP contribution is 2.08. The van der Waals surface area contributed by atoms with Gasteiger partial charge in [0.25, 0.3) is 0 Å². The van der Waals surface area contributed by atoms with Crippen LogP contribution in [0.5, 0.6) is 0 Å². The molecular formula is C9H18O5. The van der Waals surface area contributed by atoms with E-state index in [9.17, 15) is 0 Å². The van der Waals surface area contributed by atoms with Crippen LogP contribution < -0.4 is 0 Å². The second-order valence-electron chi connectivity index (χ2n) is 3.46. The van der Waals surface area contributed by atoms with Crippen LogP contribution in [0.1, 0.15) is 26.2 Å². The molecule has 0 aromatic rings. The van der Waals surface area contributed by atoms with Crippen molar-refractivity contribution in [3.05, 3.63) is 0 Å². The van der Waals surface area contributed by atoms with E-state index in [0.29, 0.717) is 25.7 Å². The van der Waals surface area contributed by atoms with E-state index in [1.165, 1.54) is 0 Å². The molecule has 84 valence electrons. The topological polar surface area (TPSA) is 46.2 Å². The van der Waals surface area contributed by atoms with Crippen LogP contribution in [0.3, 0.4) is 0 Å². The van der Waals surface area contributed by atoms with Gasteiger partial charge in [0.15, 0.2) is 0 Å². The Labute approximate surface area is 84.0 Å². The molecule has 0 spiro atoms. The normalized spacial score (nSPS) is 28.5. The summed E-state index contributed by atoms with van der Waals surface area (Å²) in [6, 6.07) is 0. The summed E-state index contributed by atoms with van der Waals surface area (Å²) in [6.07, 6.45) is 3.20. The van der Waals surface area contributed by atoms with Crippen molar-refractivity contribution in [2.45, 2.75) is 26.2 Å². The van der Waals surface area contributed by atoms with E-state index >= 15 is 0 Å². The smallest absolute Gasteiger partial charge is 0.109 e. The molecule has 0 N–H and O–H groups in total. The summed E-state index contributed by atoms with van der Waals surface area (Å²) in [5, 5.41) is 8.57. The Morgan fingerprint density at radius 2 is 1.71 bits per heavy atom. The standard InChI is InChI=1S/C9H18O5/c1-9-4-2-3-5-11-13-14-12-7-6-10-8-9/h9H,2-8H2,1H3. The van der Waals surface area contributed by atoms with Crippen molar-refractivity contribution >= 4 is 0 Å². The lowest BCUT2D eigenvalue weighted by atomic mass is 10.1. The van der Waals surface area contributed by atoms with Crippen molar-refractivity contribution in [3.8, 4) is 0 Å². The number of hydrogen-bond donors (Lipinski definition) is 0. The Hall–Kier alpha value is -0.200. The van der Waals surface area contributed by atoms with Crippen LogP contribution in [0.15, 0.2) is 0 Å². The largest absolute Gasteiger partial charge is 0.379 e. The van der Waals surface area contributed by atoms with Gasteiger partial charge in [-0.2, -0.15) is 0 Å². The fraction of sp³-hybridized carbons (Fsp3) is 1.00. The number of hydrogen-bond acceptors (Lipinski definition) is 5. The van der Waals surface area contributed by atoms with Crippen molar-refractivity contribution in [2.75, 3.05) is 26.4 Å². The first-order chi connectivity index (χ1) is 6.89. The van der Waals surface area contributed by atoms with Crippen LogP contribution in [0.4, 0.5) is 0 Å². The number of rotatable bonds is 0. The average molecular weight is 206 g/mol. The summed E-state index contributed by atoms with van der Waals surface area (Å²) in [5.41, 5.74) is 0. The third-order valence-corrected chi connectivity index (χ3v) is 2.01. The Morgan fingerprint density at radius 3 is 2.57 bits per heavy atom. The highest BCUT2D eigenvalue weighted by Gasteiger charge is 2.03.